The number of carbonyl (C=O) groups excluding carboxylic acids is 1. The molecule has 6 heteroatoms. The van der Waals surface area contributed by atoms with Gasteiger partial charge in [0.1, 0.15) is 0 Å². The van der Waals surface area contributed by atoms with Crippen molar-refractivity contribution in [3.63, 3.8) is 0 Å². The van der Waals surface area contributed by atoms with Gasteiger partial charge in [-0.25, -0.2) is 0 Å². The van der Waals surface area contributed by atoms with Gasteiger partial charge in [-0.1, -0.05) is 61.3 Å². The first-order chi connectivity index (χ1) is 13.5. The van der Waals surface area contributed by atoms with Crippen molar-refractivity contribution in [3.05, 3.63) is 58.6 Å². The number of carbonyl (C=O) groups is 1. The minimum atomic E-state index is 0.140. The summed E-state index contributed by atoms with van der Waals surface area (Å²) in [6, 6.07) is 15.6. The number of piperidine rings is 1. The summed E-state index contributed by atoms with van der Waals surface area (Å²) in [5.74, 6) is 0.641. The van der Waals surface area contributed by atoms with E-state index in [2.05, 4.69) is 6.92 Å². The van der Waals surface area contributed by atoms with Crippen LogP contribution in [-0.4, -0.2) is 29.6 Å². The Bertz CT molecular complexity index is 780. The van der Waals surface area contributed by atoms with Gasteiger partial charge in [-0.2, -0.15) is 0 Å². The molecule has 1 aliphatic heterocycles. The van der Waals surface area contributed by atoms with Crippen molar-refractivity contribution in [2.75, 3.05) is 11.4 Å². The van der Waals surface area contributed by atoms with Crippen LogP contribution in [0.25, 0.3) is 0 Å². The Balaban J connectivity index is 1.78. The fraction of sp³-hybridized carbons (Fsp3) is 0.409. The second-order valence-corrected chi connectivity index (χ2v) is 7.79. The fourth-order valence-electron chi connectivity index (χ4n) is 3.74. The first-order valence-electron chi connectivity index (χ1n) is 9.80. The molecule has 2 aromatic carbocycles. The summed E-state index contributed by atoms with van der Waals surface area (Å²) in [4.78, 5) is 20.8. The molecule has 2 aromatic rings. The third kappa shape index (κ3) is 4.62. The highest BCUT2D eigenvalue weighted by molar-refractivity contribution is 6.37. The van der Waals surface area contributed by atoms with Gasteiger partial charge in [0.2, 0.25) is 5.91 Å². The minimum Gasteiger partial charge on any atom is -0.403 e. The maximum Gasteiger partial charge on any atom is 0.226 e. The maximum absolute atomic E-state index is 12.7. The largest absolute Gasteiger partial charge is 0.403 e. The second kappa shape index (κ2) is 9.64. The molecule has 2 atom stereocenters. The molecule has 1 fully saturated rings. The van der Waals surface area contributed by atoms with E-state index in [0.717, 1.165) is 24.9 Å². The first kappa shape index (κ1) is 21.0. The molecule has 0 saturated carbocycles. The monoisotopic (exact) mass is 420 g/mol. The number of halogens is 2. The number of rotatable bonds is 6. The zero-order chi connectivity index (χ0) is 20.1. The molecular weight excluding hydrogens is 395 g/mol. The Morgan fingerprint density at radius 2 is 1.79 bits per heavy atom. The quantitative estimate of drug-likeness (QED) is 0.576. The Morgan fingerprint density at radius 3 is 2.39 bits per heavy atom. The number of para-hydroxylation sites is 2. The molecule has 150 valence electrons. The number of amides is 1. The van der Waals surface area contributed by atoms with Crippen LogP contribution in [0.3, 0.4) is 0 Å². The van der Waals surface area contributed by atoms with Crippen LogP contribution < -0.4 is 9.74 Å². The summed E-state index contributed by atoms with van der Waals surface area (Å²) in [6.07, 6.45) is 3.04. The molecule has 3 rings (SSSR count). The van der Waals surface area contributed by atoms with Crippen LogP contribution in [0.2, 0.25) is 10.0 Å². The van der Waals surface area contributed by atoms with Crippen molar-refractivity contribution in [2.24, 2.45) is 0 Å². The summed E-state index contributed by atoms with van der Waals surface area (Å²) in [5, 5.41) is 2.96. The fourth-order valence-corrected chi connectivity index (χ4v) is 4.20. The Morgan fingerprint density at radius 1 is 1.11 bits per heavy atom. The van der Waals surface area contributed by atoms with Gasteiger partial charge in [0.05, 0.1) is 10.0 Å². The van der Waals surface area contributed by atoms with Crippen molar-refractivity contribution in [2.45, 2.75) is 51.6 Å². The van der Waals surface area contributed by atoms with Gasteiger partial charge in [-0.05, 0) is 43.5 Å². The number of anilines is 1. The van der Waals surface area contributed by atoms with E-state index in [1.54, 1.807) is 18.2 Å². The SMILES string of the molecule is CCC(=O)N(c1ccccc1)C1CCN(Oc2c(Cl)cccc2Cl)C(CC)C1. The highest BCUT2D eigenvalue weighted by Crippen LogP contribution is 2.35. The predicted octanol–water partition coefficient (Wildman–Crippen LogP) is 5.97. The molecular formula is C22H26Cl2N2O2. The highest BCUT2D eigenvalue weighted by atomic mass is 35.5. The maximum atomic E-state index is 12.7. The predicted molar refractivity (Wildman–Crippen MR) is 115 cm³/mol. The normalized spacial score (nSPS) is 20.0. The average molecular weight is 421 g/mol. The van der Waals surface area contributed by atoms with Crippen molar-refractivity contribution in [3.8, 4) is 5.75 Å². The van der Waals surface area contributed by atoms with Gasteiger partial charge in [0, 0.05) is 30.7 Å². The lowest BCUT2D eigenvalue weighted by molar-refractivity contribution is -0.125. The lowest BCUT2D eigenvalue weighted by atomic mass is 9.95. The molecule has 0 N–H and O–H groups in total. The summed E-state index contributed by atoms with van der Waals surface area (Å²) < 4.78 is 0. The zero-order valence-corrected chi connectivity index (χ0v) is 17.8. The van der Waals surface area contributed by atoms with Gasteiger partial charge in [0.25, 0.3) is 0 Å². The molecule has 1 heterocycles. The molecule has 4 nitrogen and oxygen atoms in total. The van der Waals surface area contributed by atoms with Crippen LogP contribution in [0.1, 0.15) is 39.5 Å². The molecule has 0 aromatic heterocycles. The Kier molecular flexibility index (Phi) is 7.22. The third-order valence-electron chi connectivity index (χ3n) is 5.20. The molecule has 1 amide bonds. The standard InChI is InChI=1S/C22H26Cl2N2O2/c1-3-16-15-18(26(21(27)4-2)17-9-6-5-7-10-17)13-14-25(16)28-22-19(23)11-8-12-20(22)24/h5-12,16,18H,3-4,13-15H2,1-2H3. The smallest absolute Gasteiger partial charge is 0.226 e. The molecule has 1 aliphatic rings. The molecule has 0 radical (unpaired) electrons. The lowest BCUT2D eigenvalue weighted by Crippen LogP contribution is -2.52. The summed E-state index contributed by atoms with van der Waals surface area (Å²) >= 11 is 12.5. The van der Waals surface area contributed by atoms with Crippen molar-refractivity contribution in [1.82, 2.24) is 5.06 Å². The van der Waals surface area contributed by atoms with Crippen molar-refractivity contribution >= 4 is 34.8 Å². The highest BCUT2D eigenvalue weighted by Gasteiger charge is 2.35. The summed E-state index contributed by atoms with van der Waals surface area (Å²) in [6.45, 7) is 4.74. The van der Waals surface area contributed by atoms with Crippen LogP contribution in [0.15, 0.2) is 48.5 Å². The van der Waals surface area contributed by atoms with Gasteiger partial charge < -0.3 is 9.74 Å². The van der Waals surface area contributed by atoms with Crippen LogP contribution in [0.4, 0.5) is 5.69 Å². The third-order valence-corrected chi connectivity index (χ3v) is 5.80. The van der Waals surface area contributed by atoms with Crippen LogP contribution in [0, 0.1) is 0 Å². The van der Waals surface area contributed by atoms with E-state index in [-0.39, 0.29) is 18.0 Å². The van der Waals surface area contributed by atoms with Gasteiger partial charge in [-0.3, -0.25) is 4.79 Å². The van der Waals surface area contributed by atoms with Crippen LogP contribution in [-0.2, 0) is 4.79 Å². The second-order valence-electron chi connectivity index (χ2n) is 6.98. The van der Waals surface area contributed by atoms with E-state index >= 15 is 0 Å². The molecule has 0 spiro atoms. The van der Waals surface area contributed by atoms with E-state index in [4.69, 9.17) is 28.0 Å². The number of hydrogen-bond acceptors (Lipinski definition) is 3. The van der Waals surface area contributed by atoms with E-state index in [1.807, 2.05) is 47.2 Å². The number of nitrogens with zero attached hydrogens (tertiary/aromatic N) is 2. The van der Waals surface area contributed by atoms with Crippen LogP contribution in [0.5, 0.6) is 5.75 Å². The molecule has 0 bridgehead atoms. The average Bonchev–Trinajstić information content (AvgIpc) is 2.72. The number of benzene rings is 2. The van der Waals surface area contributed by atoms with E-state index in [9.17, 15) is 4.79 Å². The topological polar surface area (TPSA) is 32.8 Å². The van der Waals surface area contributed by atoms with E-state index < -0.39 is 0 Å². The summed E-state index contributed by atoms with van der Waals surface area (Å²) in [5.41, 5.74) is 0.956. The minimum absolute atomic E-state index is 0.140. The van der Waals surface area contributed by atoms with Crippen molar-refractivity contribution < 1.29 is 9.63 Å². The van der Waals surface area contributed by atoms with Gasteiger partial charge >= 0.3 is 0 Å². The van der Waals surface area contributed by atoms with E-state index in [1.165, 1.54) is 0 Å². The van der Waals surface area contributed by atoms with Crippen molar-refractivity contribution in [1.29, 1.82) is 0 Å². The molecule has 2 unspecified atom stereocenters. The molecule has 1 saturated heterocycles. The number of hydroxylamine groups is 2. The zero-order valence-electron chi connectivity index (χ0n) is 16.3. The Hall–Kier alpha value is -1.75. The lowest BCUT2D eigenvalue weighted by Gasteiger charge is -2.42. The Labute approximate surface area is 176 Å². The van der Waals surface area contributed by atoms with Crippen LogP contribution >= 0.6 is 23.2 Å². The first-order valence-corrected chi connectivity index (χ1v) is 10.6. The van der Waals surface area contributed by atoms with E-state index in [0.29, 0.717) is 28.8 Å². The molecule has 28 heavy (non-hydrogen) atoms. The summed E-state index contributed by atoms with van der Waals surface area (Å²) in [7, 11) is 0. The molecule has 0 aliphatic carbocycles. The number of hydrogen-bond donors (Lipinski definition) is 0. The van der Waals surface area contributed by atoms with Gasteiger partial charge in [0.15, 0.2) is 5.75 Å². The van der Waals surface area contributed by atoms with Gasteiger partial charge in [-0.15, -0.1) is 5.06 Å².